The van der Waals surface area contributed by atoms with E-state index < -0.39 is 5.60 Å². The van der Waals surface area contributed by atoms with E-state index in [1.807, 2.05) is 0 Å². The first kappa shape index (κ1) is 23.0. The van der Waals surface area contributed by atoms with Crippen molar-refractivity contribution in [1.82, 2.24) is 5.32 Å². The third-order valence-electron chi connectivity index (χ3n) is 9.68. The number of rotatable bonds is 2. The fraction of sp³-hybridized carbons (Fsp3) is 0.870. The fourth-order valence-electron chi connectivity index (χ4n) is 7.72. The number of hydrogen-bond acceptors (Lipinski definition) is 7. The van der Waals surface area contributed by atoms with E-state index >= 15 is 0 Å². The minimum Gasteiger partial charge on any atom is -0.411 e. The number of halogens is 1. The van der Waals surface area contributed by atoms with Crippen LogP contribution in [0.4, 0.5) is 0 Å². The lowest BCUT2D eigenvalue weighted by atomic mass is 9.43. The van der Waals surface area contributed by atoms with Gasteiger partial charge in [0.25, 0.3) is 0 Å². The minimum absolute atomic E-state index is 0. The van der Waals surface area contributed by atoms with Gasteiger partial charge in [-0.3, -0.25) is 4.79 Å². The van der Waals surface area contributed by atoms with Gasteiger partial charge in [0.2, 0.25) is 0 Å². The summed E-state index contributed by atoms with van der Waals surface area (Å²) in [5.74, 6) is 1.36. The zero-order valence-corrected chi connectivity index (χ0v) is 19.4. The summed E-state index contributed by atoms with van der Waals surface area (Å²) in [6, 6.07) is 0. The number of fused-ring (bicyclic) bond motifs is 5. The van der Waals surface area contributed by atoms with Crippen molar-refractivity contribution in [2.45, 2.75) is 83.3 Å². The van der Waals surface area contributed by atoms with E-state index in [2.05, 4.69) is 29.5 Å². The first-order chi connectivity index (χ1) is 14.3. The summed E-state index contributed by atoms with van der Waals surface area (Å²) in [6.45, 7) is 6.07. The number of carbonyl (C=O) groups excluding carboxylic acids is 1. The van der Waals surface area contributed by atoms with Gasteiger partial charge in [-0.1, -0.05) is 24.2 Å². The first-order valence-corrected chi connectivity index (χ1v) is 11.7. The van der Waals surface area contributed by atoms with E-state index in [1.165, 1.54) is 0 Å². The van der Waals surface area contributed by atoms with Crippen molar-refractivity contribution in [1.29, 1.82) is 0 Å². The smallest absolute Gasteiger partial charge is 0.141 e. The number of nitrogens with zero attached hydrogens (tertiary/aromatic N) is 2. The maximum Gasteiger partial charge on any atom is 0.141 e. The highest BCUT2D eigenvalue weighted by Gasteiger charge is 2.66. The van der Waals surface area contributed by atoms with Crippen LogP contribution in [0.3, 0.4) is 0 Å². The van der Waals surface area contributed by atoms with E-state index in [0.717, 1.165) is 57.3 Å². The molecule has 0 bridgehead atoms. The molecular weight excluding hydrogens is 418 g/mol. The van der Waals surface area contributed by atoms with Crippen LogP contribution in [0.1, 0.15) is 71.6 Å². The molecule has 1 aliphatic heterocycles. The monoisotopic (exact) mass is 453 g/mol. The van der Waals surface area contributed by atoms with E-state index in [0.29, 0.717) is 48.5 Å². The highest BCUT2D eigenvalue weighted by Crippen LogP contribution is 2.65. The third-order valence-corrected chi connectivity index (χ3v) is 9.68. The van der Waals surface area contributed by atoms with Crippen LogP contribution in [0.15, 0.2) is 10.3 Å². The number of oxime groups is 2. The van der Waals surface area contributed by atoms with Crippen LogP contribution in [0, 0.1) is 28.6 Å². The summed E-state index contributed by atoms with van der Waals surface area (Å²) < 4.78 is 0. The van der Waals surface area contributed by atoms with Crippen molar-refractivity contribution >= 4 is 29.6 Å². The van der Waals surface area contributed by atoms with Gasteiger partial charge in [0.05, 0.1) is 11.4 Å². The van der Waals surface area contributed by atoms with Crippen molar-refractivity contribution in [2.24, 2.45) is 38.9 Å². The normalized spacial score (nSPS) is 49.3. The van der Waals surface area contributed by atoms with Gasteiger partial charge in [-0.05, 0) is 62.8 Å². The topological polar surface area (TPSA) is 104 Å². The number of Topliss-reactive ketones (excluding diaryl/α,β-unsaturated/α-hetero) is 1. The van der Waals surface area contributed by atoms with Crippen LogP contribution in [0.25, 0.3) is 0 Å². The summed E-state index contributed by atoms with van der Waals surface area (Å²) in [4.78, 5) is 18.4. The molecule has 0 aromatic carbocycles. The van der Waals surface area contributed by atoms with E-state index in [1.54, 1.807) is 0 Å². The Balaban J connectivity index is 0.00000231. The van der Waals surface area contributed by atoms with Crippen LogP contribution in [-0.2, 0) is 9.63 Å². The molecule has 0 unspecified atom stereocenters. The van der Waals surface area contributed by atoms with Crippen LogP contribution < -0.4 is 5.32 Å². The highest BCUT2D eigenvalue weighted by molar-refractivity contribution is 6.00. The van der Waals surface area contributed by atoms with Gasteiger partial charge in [0.15, 0.2) is 0 Å². The summed E-state index contributed by atoms with van der Waals surface area (Å²) in [5, 5.41) is 33.2. The van der Waals surface area contributed by atoms with Crippen molar-refractivity contribution in [3.05, 3.63) is 0 Å². The zero-order valence-electron chi connectivity index (χ0n) is 18.6. The molecule has 0 spiro atoms. The molecule has 31 heavy (non-hydrogen) atoms. The molecule has 1 saturated heterocycles. The van der Waals surface area contributed by atoms with Gasteiger partial charge in [-0.25, -0.2) is 0 Å². The van der Waals surface area contributed by atoms with Crippen molar-refractivity contribution in [3.63, 3.8) is 0 Å². The Morgan fingerprint density at radius 2 is 1.94 bits per heavy atom. The lowest BCUT2D eigenvalue weighted by molar-refractivity contribution is -0.146. The van der Waals surface area contributed by atoms with Gasteiger partial charge in [0.1, 0.15) is 17.5 Å². The number of nitrogens with one attached hydrogen (secondary N) is 1. The summed E-state index contributed by atoms with van der Waals surface area (Å²) in [5.41, 5.74) is -0.479. The number of aliphatic hydroxyl groups is 1. The Morgan fingerprint density at radius 3 is 2.65 bits per heavy atom. The molecule has 4 saturated carbocycles. The largest absolute Gasteiger partial charge is 0.411 e. The number of carbonyl (C=O) groups is 1. The number of ketones is 1. The molecule has 7 nitrogen and oxygen atoms in total. The average molecular weight is 454 g/mol. The van der Waals surface area contributed by atoms with E-state index in [9.17, 15) is 15.1 Å². The van der Waals surface area contributed by atoms with E-state index in [-0.39, 0.29) is 29.3 Å². The molecule has 0 radical (unpaired) electrons. The number of hydrogen-bond donors (Lipinski definition) is 3. The van der Waals surface area contributed by atoms with Gasteiger partial charge in [-0.2, -0.15) is 0 Å². The minimum atomic E-state index is -1.20. The van der Waals surface area contributed by atoms with Gasteiger partial charge in [0, 0.05) is 36.6 Å². The molecular formula is C23H36ClN3O4. The quantitative estimate of drug-likeness (QED) is 0.439. The molecule has 7 atom stereocenters. The molecule has 5 rings (SSSR count). The molecule has 174 valence electrons. The molecule has 8 heteroatoms. The highest BCUT2D eigenvalue weighted by atomic mass is 35.5. The lowest BCUT2D eigenvalue weighted by Crippen LogP contribution is -2.66. The van der Waals surface area contributed by atoms with Crippen LogP contribution in [0.5, 0.6) is 0 Å². The van der Waals surface area contributed by atoms with Crippen molar-refractivity contribution in [2.75, 3.05) is 13.1 Å². The van der Waals surface area contributed by atoms with Crippen LogP contribution in [0.2, 0.25) is 0 Å². The van der Waals surface area contributed by atoms with Gasteiger partial charge < -0.3 is 20.5 Å². The second kappa shape index (κ2) is 7.99. The van der Waals surface area contributed by atoms with Crippen molar-refractivity contribution in [3.8, 4) is 0 Å². The molecule has 4 aliphatic carbocycles. The molecule has 5 aliphatic rings. The molecule has 0 aromatic heterocycles. The summed E-state index contributed by atoms with van der Waals surface area (Å²) in [6.07, 6.45) is 7.04. The predicted octanol–water partition coefficient (Wildman–Crippen LogP) is 3.31. The Hall–Kier alpha value is -1.18. The fourth-order valence-corrected chi connectivity index (χ4v) is 7.72. The lowest BCUT2D eigenvalue weighted by Gasteiger charge is -2.62. The summed E-state index contributed by atoms with van der Waals surface area (Å²) >= 11 is 0. The Labute approximate surface area is 190 Å². The van der Waals surface area contributed by atoms with Crippen molar-refractivity contribution < 1.29 is 19.9 Å². The van der Waals surface area contributed by atoms with Crippen LogP contribution >= 0.6 is 12.4 Å². The maximum absolute atomic E-state index is 12.6. The molecule has 1 heterocycles. The molecule has 3 N–H and O–H groups in total. The Kier molecular flexibility index (Phi) is 5.93. The Bertz CT molecular complexity index is 798. The van der Waals surface area contributed by atoms with Gasteiger partial charge in [-0.15, -0.1) is 12.4 Å². The van der Waals surface area contributed by atoms with E-state index in [4.69, 9.17) is 4.84 Å². The molecule has 0 aromatic rings. The SMILES string of the molecule is C[C@]12CC[C@H]3[C@@H](CC(=NO)[C@@]4(O)CC(=NO[C@@H]5CCNC5)CC[C@]34C)[C@@H]1CCC2=O.Cl. The van der Waals surface area contributed by atoms with Crippen LogP contribution in [-0.4, -0.2) is 52.3 Å². The predicted molar refractivity (Wildman–Crippen MR) is 120 cm³/mol. The third kappa shape index (κ3) is 3.25. The first-order valence-electron chi connectivity index (χ1n) is 11.7. The molecule has 5 fully saturated rings. The second-order valence-corrected chi connectivity index (χ2v) is 10.9. The Morgan fingerprint density at radius 1 is 1.13 bits per heavy atom. The maximum atomic E-state index is 12.6. The summed E-state index contributed by atoms with van der Waals surface area (Å²) in [7, 11) is 0. The average Bonchev–Trinajstić information content (AvgIpc) is 3.35. The van der Waals surface area contributed by atoms with Gasteiger partial charge >= 0.3 is 0 Å². The zero-order chi connectivity index (χ0) is 21.1. The molecule has 0 amide bonds. The standard InChI is InChI=1S/C23H35N3O4.ClH/c1-21-8-6-18-16(17(21)3-4-20(21)27)11-19(25-29)23(28)12-14(5-9-22(18,23)2)26-30-15-7-10-24-13-15;/h15-18,24,28-29H,3-13H2,1-2H3;1H/t15-,16+,17+,18+,21+,22-,23+;/m1./s1. The second-order valence-electron chi connectivity index (χ2n) is 10.9.